The Labute approximate surface area is 96.2 Å². The highest BCUT2D eigenvalue weighted by molar-refractivity contribution is 5.76. The van der Waals surface area contributed by atoms with Crippen LogP contribution < -0.4 is 10.6 Å². The topological polar surface area (TPSA) is 54.0 Å². The predicted octanol–water partition coefficient (Wildman–Crippen LogP) is 1.65. The Balaban J connectivity index is 2.68. The number of pyridine rings is 1. The molecule has 0 aromatic carbocycles. The van der Waals surface area contributed by atoms with Gasteiger partial charge in [0.15, 0.2) is 0 Å². The van der Waals surface area contributed by atoms with Crippen molar-refractivity contribution in [2.75, 3.05) is 18.9 Å². The van der Waals surface area contributed by atoms with Crippen molar-refractivity contribution in [1.82, 2.24) is 10.3 Å². The summed E-state index contributed by atoms with van der Waals surface area (Å²) in [6.45, 7) is 0.0970. The van der Waals surface area contributed by atoms with Crippen molar-refractivity contribution in [2.45, 2.75) is 12.6 Å². The van der Waals surface area contributed by atoms with Gasteiger partial charge in [0, 0.05) is 26.2 Å². The Kier molecular flexibility index (Phi) is 4.30. The lowest BCUT2D eigenvalue weighted by Crippen LogP contribution is -2.21. The largest absolute Gasteiger partial charge is 0.419 e. The number of rotatable bonds is 4. The zero-order valence-electron chi connectivity index (χ0n) is 9.14. The highest BCUT2D eigenvalue weighted by Crippen LogP contribution is 2.33. The van der Waals surface area contributed by atoms with Crippen LogP contribution in [0, 0.1) is 0 Å². The number of halogens is 3. The minimum absolute atomic E-state index is 0.0877. The van der Waals surface area contributed by atoms with Gasteiger partial charge in [-0.15, -0.1) is 0 Å². The molecule has 2 N–H and O–H groups in total. The van der Waals surface area contributed by atoms with Crippen molar-refractivity contribution >= 4 is 11.7 Å². The molecule has 1 aromatic heterocycles. The standard InChI is InChI=1S/C10H12F3N3O/c1-14-8(17)4-6-16-9-7(10(11,12)13)3-2-5-15-9/h2-3,5H,4,6H2,1H3,(H,14,17)(H,15,16). The molecular weight excluding hydrogens is 235 g/mol. The van der Waals surface area contributed by atoms with Gasteiger partial charge in [-0.3, -0.25) is 4.79 Å². The van der Waals surface area contributed by atoms with E-state index in [9.17, 15) is 18.0 Å². The van der Waals surface area contributed by atoms with E-state index in [1.54, 1.807) is 0 Å². The molecule has 4 nitrogen and oxygen atoms in total. The van der Waals surface area contributed by atoms with Gasteiger partial charge in [0.2, 0.25) is 5.91 Å². The van der Waals surface area contributed by atoms with Crippen LogP contribution in [0.15, 0.2) is 18.3 Å². The molecule has 0 radical (unpaired) electrons. The number of carbonyl (C=O) groups excluding carboxylic acids is 1. The van der Waals surface area contributed by atoms with Crippen LogP contribution in [0.2, 0.25) is 0 Å². The van der Waals surface area contributed by atoms with Gasteiger partial charge in [-0.25, -0.2) is 4.98 Å². The van der Waals surface area contributed by atoms with Crippen LogP contribution in [0.4, 0.5) is 19.0 Å². The molecular formula is C10H12F3N3O. The third-order valence-electron chi connectivity index (χ3n) is 2.04. The first-order chi connectivity index (χ1) is 7.95. The van der Waals surface area contributed by atoms with E-state index in [1.165, 1.54) is 19.3 Å². The van der Waals surface area contributed by atoms with Gasteiger partial charge in [0.1, 0.15) is 5.82 Å². The van der Waals surface area contributed by atoms with Gasteiger partial charge in [-0.1, -0.05) is 0 Å². The van der Waals surface area contributed by atoms with Crippen molar-refractivity contribution in [1.29, 1.82) is 0 Å². The van der Waals surface area contributed by atoms with Crippen molar-refractivity contribution in [3.63, 3.8) is 0 Å². The molecule has 0 unspecified atom stereocenters. The van der Waals surface area contributed by atoms with E-state index in [0.29, 0.717) is 0 Å². The predicted molar refractivity (Wildman–Crippen MR) is 56.4 cm³/mol. The number of alkyl halides is 3. The van der Waals surface area contributed by atoms with E-state index in [2.05, 4.69) is 15.6 Å². The summed E-state index contributed by atoms with van der Waals surface area (Å²) < 4.78 is 37.6. The first-order valence-corrected chi connectivity index (χ1v) is 4.92. The highest BCUT2D eigenvalue weighted by atomic mass is 19.4. The molecule has 0 saturated carbocycles. The average molecular weight is 247 g/mol. The number of hydrogen-bond acceptors (Lipinski definition) is 3. The van der Waals surface area contributed by atoms with E-state index < -0.39 is 11.7 Å². The van der Waals surface area contributed by atoms with E-state index in [0.717, 1.165) is 6.07 Å². The lowest BCUT2D eigenvalue weighted by atomic mass is 10.2. The number of hydrogen-bond donors (Lipinski definition) is 2. The maximum Gasteiger partial charge on any atom is 0.419 e. The van der Waals surface area contributed by atoms with E-state index in [-0.39, 0.29) is 24.7 Å². The lowest BCUT2D eigenvalue weighted by molar-refractivity contribution is -0.137. The molecule has 1 rings (SSSR count). The fourth-order valence-electron chi connectivity index (χ4n) is 1.19. The number of anilines is 1. The molecule has 1 aromatic rings. The highest BCUT2D eigenvalue weighted by Gasteiger charge is 2.33. The molecule has 7 heteroatoms. The van der Waals surface area contributed by atoms with Gasteiger partial charge in [-0.05, 0) is 12.1 Å². The van der Waals surface area contributed by atoms with Crippen LogP contribution in [0.25, 0.3) is 0 Å². The van der Waals surface area contributed by atoms with Gasteiger partial charge in [-0.2, -0.15) is 13.2 Å². The molecule has 0 saturated heterocycles. The number of nitrogens with one attached hydrogen (secondary N) is 2. The SMILES string of the molecule is CNC(=O)CCNc1ncccc1C(F)(F)F. The molecule has 0 bridgehead atoms. The van der Waals surface area contributed by atoms with E-state index >= 15 is 0 Å². The fraction of sp³-hybridized carbons (Fsp3) is 0.400. The number of aromatic nitrogens is 1. The second-order valence-electron chi connectivity index (χ2n) is 3.25. The van der Waals surface area contributed by atoms with Gasteiger partial charge in [0.05, 0.1) is 5.56 Å². The van der Waals surface area contributed by atoms with Crippen LogP contribution in [-0.4, -0.2) is 24.5 Å². The van der Waals surface area contributed by atoms with Crippen molar-refractivity contribution in [3.05, 3.63) is 23.9 Å². The third kappa shape index (κ3) is 3.93. The fourth-order valence-corrected chi connectivity index (χ4v) is 1.19. The Morgan fingerprint density at radius 1 is 1.47 bits per heavy atom. The summed E-state index contributed by atoms with van der Waals surface area (Å²) in [5, 5.41) is 4.87. The van der Waals surface area contributed by atoms with Crippen LogP contribution in [0.1, 0.15) is 12.0 Å². The number of nitrogens with zero attached hydrogens (tertiary/aromatic N) is 1. The Bertz CT molecular complexity index is 393. The van der Waals surface area contributed by atoms with E-state index in [1.807, 2.05) is 0 Å². The molecule has 17 heavy (non-hydrogen) atoms. The second-order valence-corrected chi connectivity index (χ2v) is 3.25. The van der Waals surface area contributed by atoms with Crippen LogP contribution in [-0.2, 0) is 11.0 Å². The first kappa shape index (κ1) is 13.3. The van der Waals surface area contributed by atoms with Gasteiger partial charge < -0.3 is 10.6 Å². The Morgan fingerprint density at radius 2 is 2.18 bits per heavy atom. The summed E-state index contributed by atoms with van der Waals surface area (Å²) in [6, 6.07) is 2.15. The maximum absolute atomic E-state index is 12.5. The molecule has 1 amide bonds. The number of carbonyl (C=O) groups is 1. The third-order valence-corrected chi connectivity index (χ3v) is 2.04. The summed E-state index contributed by atoms with van der Waals surface area (Å²) in [4.78, 5) is 14.5. The van der Waals surface area contributed by atoms with E-state index in [4.69, 9.17) is 0 Å². The molecule has 1 heterocycles. The second kappa shape index (κ2) is 5.51. The molecule has 0 spiro atoms. The van der Waals surface area contributed by atoms with Crippen LogP contribution in [0.5, 0.6) is 0 Å². The normalized spacial score (nSPS) is 11.1. The maximum atomic E-state index is 12.5. The smallest absolute Gasteiger partial charge is 0.369 e. The van der Waals surface area contributed by atoms with Crippen molar-refractivity contribution in [3.8, 4) is 0 Å². The summed E-state index contributed by atoms with van der Waals surface area (Å²) >= 11 is 0. The lowest BCUT2D eigenvalue weighted by Gasteiger charge is -2.12. The molecule has 0 aliphatic heterocycles. The zero-order valence-corrected chi connectivity index (χ0v) is 9.14. The quantitative estimate of drug-likeness (QED) is 0.850. The zero-order chi connectivity index (χ0) is 12.9. The molecule has 94 valence electrons. The summed E-state index contributed by atoms with van der Waals surface area (Å²) in [7, 11) is 1.46. The Morgan fingerprint density at radius 3 is 2.76 bits per heavy atom. The molecule has 0 fully saturated rings. The molecule has 0 aliphatic rings. The molecule has 0 aliphatic carbocycles. The average Bonchev–Trinajstić information content (AvgIpc) is 2.28. The van der Waals surface area contributed by atoms with Crippen LogP contribution in [0.3, 0.4) is 0 Å². The number of amides is 1. The van der Waals surface area contributed by atoms with Gasteiger partial charge >= 0.3 is 6.18 Å². The first-order valence-electron chi connectivity index (χ1n) is 4.92. The Hall–Kier alpha value is -1.79. The van der Waals surface area contributed by atoms with Gasteiger partial charge in [0.25, 0.3) is 0 Å². The minimum Gasteiger partial charge on any atom is -0.369 e. The monoisotopic (exact) mass is 247 g/mol. The summed E-state index contributed by atoms with van der Waals surface area (Å²) in [6.07, 6.45) is -3.11. The minimum atomic E-state index is -4.45. The van der Waals surface area contributed by atoms with Crippen LogP contribution >= 0.6 is 0 Å². The summed E-state index contributed by atoms with van der Waals surface area (Å²) in [5.74, 6) is -0.508. The molecule has 0 atom stereocenters. The summed E-state index contributed by atoms with van der Waals surface area (Å²) in [5.41, 5.74) is -0.836. The van der Waals surface area contributed by atoms with Crippen molar-refractivity contribution < 1.29 is 18.0 Å². The van der Waals surface area contributed by atoms with Crippen molar-refractivity contribution in [2.24, 2.45) is 0 Å².